The maximum atomic E-state index is 11.8. The molecule has 0 heterocycles. The lowest BCUT2D eigenvalue weighted by Gasteiger charge is -2.11. The van der Waals surface area contributed by atoms with E-state index in [4.69, 9.17) is 0 Å². The Balaban J connectivity index is 2.46. The van der Waals surface area contributed by atoms with Crippen molar-refractivity contribution in [2.24, 2.45) is 5.92 Å². The Morgan fingerprint density at radius 3 is 2.53 bits per heavy atom. The van der Waals surface area contributed by atoms with Crippen molar-refractivity contribution in [2.45, 2.75) is 6.92 Å². The standard InChI is InChI=1S/C13H20N2OS/c1-10(9-17-3)8-15-13(16)11-4-6-12(14-2)7-5-11/h4-7,10,14H,8-9H2,1-3H3,(H,15,16). The number of hydrogen-bond acceptors (Lipinski definition) is 3. The normalized spacial score (nSPS) is 11.9. The van der Waals surface area contributed by atoms with Crippen molar-refractivity contribution in [3.63, 3.8) is 0 Å². The minimum Gasteiger partial charge on any atom is -0.388 e. The first-order valence-electron chi connectivity index (χ1n) is 5.72. The zero-order valence-electron chi connectivity index (χ0n) is 10.6. The lowest BCUT2D eigenvalue weighted by molar-refractivity contribution is 0.0949. The summed E-state index contributed by atoms with van der Waals surface area (Å²) in [5.41, 5.74) is 1.72. The molecule has 0 spiro atoms. The van der Waals surface area contributed by atoms with E-state index < -0.39 is 0 Å². The third-order valence-corrected chi connectivity index (χ3v) is 3.40. The number of amides is 1. The van der Waals surface area contributed by atoms with Gasteiger partial charge in [-0.2, -0.15) is 11.8 Å². The molecule has 1 unspecified atom stereocenters. The van der Waals surface area contributed by atoms with Crippen molar-refractivity contribution < 1.29 is 4.79 Å². The lowest BCUT2D eigenvalue weighted by Crippen LogP contribution is -2.29. The van der Waals surface area contributed by atoms with Crippen LogP contribution in [0.25, 0.3) is 0 Å². The van der Waals surface area contributed by atoms with Gasteiger partial charge in [-0.25, -0.2) is 0 Å². The van der Waals surface area contributed by atoms with Crippen LogP contribution in [0.4, 0.5) is 5.69 Å². The van der Waals surface area contributed by atoms with Gasteiger partial charge in [0.1, 0.15) is 0 Å². The summed E-state index contributed by atoms with van der Waals surface area (Å²) >= 11 is 1.80. The summed E-state index contributed by atoms with van der Waals surface area (Å²) in [6.45, 7) is 2.87. The Hall–Kier alpha value is -1.16. The molecule has 0 saturated heterocycles. The Morgan fingerprint density at radius 1 is 1.35 bits per heavy atom. The van der Waals surface area contributed by atoms with E-state index in [0.29, 0.717) is 11.5 Å². The van der Waals surface area contributed by atoms with Crippen molar-refractivity contribution in [1.82, 2.24) is 5.32 Å². The summed E-state index contributed by atoms with van der Waals surface area (Å²) < 4.78 is 0. The molecular weight excluding hydrogens is 232 g/mol. The maximum Gasteiger partial charge on any atom is 0.251 e. The van der Waals surface area contributed by atoms with Gasteiger partial charge in [-0.1, -0.05) is 6.92 Å². The molecule has 0 aliphatic carbocycles. The second kappa shape index (κ2) is 7.22. The van der Waals surface area contributed by atoms with Gasteiger partial charge >= 0.3 is 0 Å². The van der Waals surface area contributed by atoms with Gasteiger partial charge in [0.25, 0.3) is 5.91 Å². The van der Waals surface area contributed by atoms with Crippen molar-refractivity contribution in [2.75, 3.05) is 30.9 Å². The molecule has 4 heteroatoms. The van der Waals surface area contributed by atoms with E-state index in [-0.39, 0.29) is 5.91 Å². The fourth-order valence-corrected chi connectivity index (χ4v) is 2.19. The highest BCUT2D eigenvalue weighted by atomic mass is 32.2. The molecular formula is C13H20N2OS. The highest BCUT2D eigenvalue weighted by Gasteiger charge is 2.07. The van der Waals surface area contributed by atoms with E-state index in [9.17, 15) is 4.79 Å². The zero-order chi connectivity index (χ0) is 12.7. The number of hydrogen-bond donors (Lipinski definition) is 2. The van der Waals surface area contributed by atoms with E-state index in [1.807, 2.05) is 31.3 Å². The average molecular weight is 252 g/mol. The Morgan fingerprint density at radius 2 is 2.00 bits per heavy atom. The number of benzene rings is 1. The van der Waals surface area contributed by atoms with Crippen LogP contribution >= 0.6 is 11.8 Å². The monoisotopic (exact) mass is 252 g/mol. The largest absolute Gasteiger partial charge is 0.388 e. The predicted octanol–water partition coefficient (Wildman–Crippen LogP) is 2.46. The molecule has 94 valence electrons. The Bertz CT molecular complexity index is 351. The summed E-state index contributed by atoms with van der Waals surface area (Å²) in [5.74, 6) is 1.57. The molecule has 1 aromatic rings. The fraction of sp³-hybridized carbons (Fsp3) is 0.462. The summed E-state index contributed by atoms with van der Waals surface area (Å²) in [4.78, 5) is 11.8. The van der Waals surface area contributed by atoms with E-state index in [1.165, 1.54) is 0 Å². The van der Waals surface area contributed by atoms with Crippen LogP contribution in [-0.4, -0.2) is 31.5 Å². The van der Waals surface area contributed by atoms with E-state index in [2.05, 4.69) is 23.8 Å². The first-order valence-corrected chi connectivity index (χ1v) is 7.11. The van der Waals surface area contributed by atoms with Gasteiger partial charge in [-0.3, -0.25) is 4.79 Å². The lowest BCUT2D eigenvalue weighted by atomic mass is 10.1. The van der Waals surface area contributed by atoms with Gasteiger partial charge < -0.3 is 10.6 Å². The van der Waals surface area contributed by atoms with Gasteiger partial charge in [-0.05, 0) is 42.2 Å². The van der Waals surface area contributed by atoms with Gasteiger partial charge in [0.2, 0.25) is 0 Å². The summed E-state index contributed by atoms with van der Waals surface area (Å²) in [6, 6.07) is 7.47. The molecule has 0 aliphatic heterocycles. The molecule has 0 fully saturated rings. The molecule has 1 rings (SSSR count). The van der Waals surface area contributed by atoms with Crippen LogP contribution in [0.15, 0.2) is 24.3 Å². The SMILES string of the molecule is CNc1ccc(C(=O)NCC(C)CSC)cc1. The van der Waals surface area contributed by atoms with Crippen molar-refractivity contribution in [3.05, 3.63) is 29.8 Å². The molecule has 0 bridgehead atoms. The Labute approximate surface area is 107 Å². The molecule has 0 saturated carbocycles. The summed E-state index contributed by atoms with van der Waals surface area (Å²) in [7, 11) is 1.86. The fourth-order valence-electron chi connectivity index (χ4n) is 1.50. The molecule has 2 N–H and O–H groups in total. The van der Waals surface area contributed by atoms with Crippen LogP contribution in [-0.2, 0) is 0 Å². The van der Waals surface area contributed by atoms with Gasteiger partial charge in [0, 0.05) is 24.8 Å². The van der Waals surface area contributed by atoms with Crippen LogP contribution < -0.4 is 10.6 Å². The first-order chi connectivity index (χ1) is 8.17. The molecule has 1 aromatic carbocycles. The van der Waals surface area contributed by atoms with Crippen LogP contribution in [0.1, 0.15) is 17.3 Å². The first kappa shape index (κ1) is 13.9. The highest BCUT2D eigenvalue weighted by molar-refractivity contribution is 7.98. The second-order valence-corrected chi connectivity index (χ2v) is 5.01. The Kier molecular flexibility index (Phi) is 5.91. The molecule has 17 heavy (non-hydrogen) atoms. The summed E-state index contributed by atoms with van der Waals surface area (Å²) in [6.07, 6.45) is 2.08. The predicted molar refractivity (Wildman–Crippen MR) is 75.9 cm³/mol. The molecule has 3 nitrogen and oxygen atoms in total. The number of carbonyl (C=O) groups is 1. The van der Waals surface area contributed by atoms with Crippen LogP contribution in [0.5, 0.6) is 0 Å². The van der Waals surface area contributed by atoms with Crippen LogP contribution in [0.2, 0.25) is 0 Å². The average Bonchev–Trinajstić information content (AvgIpc) is 2.36. The van der Waals surface area contributed by atoms with Gasteiger partial charge in [0.05, 0.1) is 0 Å². The van der Waals surface area contributed by atoms with Crippen molar-refractivity contribution in [1.29, 1.82) is 0 Å². The summed E-state index contributed by atoms with van der Waals surface area (Å²) in [5, 5.41) is 5.97. The van der Waals surface area contributed by atoms with E-state index in [1.54, 1.807) is 11.8 Å². The number of rotatable bonds is 6. The van der Waals surface area contributed by atoms with Crippen LogP contribution in [0.3, 0.4) is 0 Å². The highest BCUT2D eigenvalue weighted by Crippen LogP contribution is 2.09. The molecule has 0 aromatic heterocycles. The van der Waals surface area contributed by atoms with Crippen molar-refractivity contribution in [3.8, 4) is 0 Å². The number of nitrogens with one attached hydrogen (secondary N) is 2. The van der Waals surface area contributed by atoms with Gasteiger partial charge in [-0.15, -0.1) is 0 Å². The zero-order valence-corrected chi connectivity index (χ0v) is 11.4. The number of thioether (sulfide) groups is 1. The minimum atomic E-state index is 0.000561. The second-order valence-electron chi connectivity index (χ2n) is 4.10. The van der Waals surface area contributed by atoms with Crippen molar-refractivity contribution >= 4 is 23.4 Å². The quantitative estimate of drug-likeness (QED) is 0.817. The van der Waals surface area contributed by atoms with E-state index >= 15 is 0 Å². The number of anilines is 1. The molecule has 0 aliphatic rings. The smallest absolute Gasteiger partial charge is 0.251 e. The molecule has 1 amide bonds. The third-order valence-electron chi connectivity index (χ3n) is 2.50. The maximum absolute atomic E-state index is 11.8. The molecule has 1 atom stereocenters. The minimum absolute atomic E-state index is 0.000561. The van der Waals surface area contributed by atoms with Gasteiger partial charge in [0.15, 0.2) is 0 Å². The topological polar surface area (TPSA) is 41.1 Å². The third kappa shape index (κ3) is 4.69. The molecule has 0 radical (unpaired) electrons. The number of carbonyl (C=O) groups excluding carboxylic acids is 1. The van der Waals surface area contributed by atoms with E-state index in [0.717, 1.165) is 18.0 Å². The van der Waals surface area contributed by atoms with Crippen LogP contribution in [0, 0.1) is 5.92 Å².